The molecule has 4 unspecified atom stereocenters. The molecular weight excluding hydrogens is 380 g/mol. The molecule has 0 spiro atoms. The van der Waals surface area contributed by atoms with Crippen LogP contribution in [0.2, 0.25) is 0 Å². The van der Waals surface area contributed by atoms with E-state index >= 15 is 0 Å². The van der Waals surface area contributed by atoms with Crippen molar-refractivity contribution in [2.45, 2.75) is 111 Å². The van der Waals surface area contributed by atoms with E-state index in [1.54, 1.807) is 5.57 Å². The maximum Gasteiger partial charge on any atom is 0.0701 e. The maximum absolute atomic E-state index is 9.14. The Morgan fingerprint density at radius 2 is 1.84 bits per heavy atom. The van der Waals surface area contributed by atoms with Crippen molar-refractivity contribution in [1.82, 2.24) is 0 Å². The van der Waals surface area contributed by atoms with Crippen LogP contribution in [0, 0.1) is 46.3 Å². The fourth-order valence-corrected chi connectivity index (χ4v) is 9.01. The minimum absolute atomic E-state index is 0.148. The van der Waals surface area contributed by atoms with Crippen LogP contribution in [-0.2, 0) is 4.74 Å². The van der Waals surface area contributed by atoms with Gasteiger partial charge < -0.3 is 9.84 Å². The Morgan fingerprint density at radius 3 is 2.58 bits per heavy atom. The van der Waals surface area contributed by atoms with Gasteiger partial charge in [-0.15, -0.1) is 0 Å². The normalized spacial score (nSPS) is 43.2. The molecule has 3 fully saturated rings. The SMILES string of the molecule is CC(C)CCC[C@@H](C)[C@H]1CCC2C3CC=C4CC(OCCO)CC[C@]4(C)C3CC[C@@]21C. The van der Waals surface area contributed by atoms with E-state index < -0.39 is 0 Å². The molecule has 0 saturated heterocycles. The molecule has 4 aliphatic rings. The molecular formula is C29H50O2. The molecule has 2 nitrogen and oxygen atoms in total. The van der Waals surface area contributed by atoms with E-state index in [9.17, 15) is 0 Å². The second-order valence-corrected chi connectivity index (χ2v) is 12.7. The van der Waals surface area contributed by atoms with Crippen LogP contribution in [-0.4, -0.2) is 24.4 Å². The Kier molecular flexibility index (Phi) is 7.29. The van der Waals surface area contributed by atoms with Gasteiger partial charge in [-0.2, -0.15) is 0 Å². The second kappa shape index (κ2) is 9.49. The van der Waals surface area contributed by atoms with Gasteiger partial charge in [0.05, 0.1) is 19.3 Å². The number of rotatable bonds is 8. The largest absolute Gasteiger partial charge is 0.394 e. The second-order valence-electron chi connectivity index (χ2n) is 12.7. The van der Waals surface area contributed by atoms with Gasteiger partial charge in [0, 0.05) is 0 Å². The van der Waals surface area contributed by atoms with Crippen LogP contribution >= 0.6 is 0 Å². The highest BCUT2D eigenvalue weighted by Gasteiger charge is 2.59. The summed E-state index contributed by atoms with van der Waals surface area (Å²) in [6.45, 7) is 13.3. The van der Waals surface area contributed by atoms with Crippen LogP contribution in [0.4, 0.5) is 0 Å². The molecule has 178 valence electrons. The van der Waals surface area contributed by atoms with E-state index in [2.05, 4.69) is 40.7 Å². The predicted molar refractivity (Wildman–Crippen MR) is 130 cm³/mol. The van der Waals surface area contributed by atoms with Crippen molar-refractivity contribution in [3.8, 4) is 0 Å². The van der Waals surface area contributed by atoms with Gasteiger partial charge in [0.25, 0.3) is 0 Å². The average molecular weight is 431 g/mol. The topological polar surface area (TPSA) is 29.5 Å². The van der Waals surface area contributed by atoms with Crippen molar-refractivity contribution in [2.24, 2.45) is 46.3 Å². The van der Waals surface area contributed by atoms with Gasteiger partial charge in [0.1, 0.15) is 0 Å². The van der Waals surface area contributed by atoms with E-state index in [1.807, 2.05) is 0 Å². The molecule has 0 aliphatic heterocycles. The summed E-state index contributed by atoms with van der Waals surface area (Å²) in [6.07, 6.45) is 18.0. The van der Waals surface area contributed by atoms with Gasteiger partial charge in [-0.1, -0.05) is 65.5 Å². The molecule has 0 bridgehead atoms. The molecule has 4 aliphatic carbocycles. The lowest BCUT2D eigenvalue weighted by atomic mass is 9.47. The molecule has 0 amide bonds. The monoisotopic (exact) mass is 430 g/mol. The van der Waals surface area contributed by atoms with Crippen molar-refractivity contribution < 1.29 is 9.84 Å². The van der Waals surface area contributed by atoms with Gasteiger partial charge in [-0.3, -0.25) is 0 Å². The minimum atomic E-state index is 0.148. The summed E-state index contributed by atoms with van der Waals surface area (Å²) < 4.78 is 5.94. The van der Waals surface area contributed by atoms with Crippen molar-refractivity contribution in [2.75, 3.05) is 13.2 Å². The van der Waals surface area contributed by atoms with Gasteiger partial charge in [0.2, 0.25) is 0 Å². The molecule has 2 heteroatoms. The predicted octanol–water partition coefficient (Wildman–Crippen LogP) is 7.41. The average Bonchev–Trinajstić information content (AvgIpc) is 3.09. The number of allylic oxidation sites excluding steroid dienone is 1. The first kappa shape index (κ1) is 23.8. The van der Waals surface area contributed by atoms with E-state index in [0.29, 0.717) is 23.5 Å². The zero-order valence-electron chi connectivity index (χ0n) is 21.2. The number of hydrogen-bond donors (Lipinski definition) is 1. The van der Waals surface area contributed by atoms with Crippen LogP contribution in [0.15, 0.2) is 11.6 Å². The van der Waals surface area contributed by atoms with Gasteiger partial charge in [-0.05, 0) is 97.7 Å². The summed E-state index contributed by atoms with van der Waals surface area (Å²) in [5.74, 6) is 5.44. The number of aliphatic hydroxyl groups is 1. The van der Waals surface area contributed by atoms with E-state index in [1.165, 1.54) is 64.2 Å². The van der Waals surface area contributed by atoms with Crippen LogP contribution in [0.1, 0.15) is 105 Å². The lowest BCUT2D eigenvalue weighted by Gasteiger charge is -2.58. The fraction of sp³-hybridized carbons (Fsp3) is 0.931. The molecule has 31 heavy (non-hydrogen) atoms. The van der Waals surface area contributed by atoms with Gasteiger partial charge in [0.15, 0.2) is 0 Å². The number of aliphatic hydroxyl groups excluding tert-OH is 1. The van der Waals surface area contributed by atoms with Gasteiger partial charge >= 0.3 is 0 Å². The summed E-state index contributed by atoms with van der Waals surface area (Å²) in [5.41, 5.74) is 2.69. The summed E-state index contributed by atoms with van der Waals surface area (Å²) >= 11 is 0. The Bertz CT molecular complexity index is 639. The molecule has 3 saturated carbocycles. The first-order valence-corrected chi connectivity index (χ1v) is 13.7. The third-order valence-corrected chi connectivity index (χ3v) is 10.7. The molecule has 1 N–H and O–H groups in total. The first-order chi connectivity index (χ1) is 14.8. The maximum atomic E-state index is 9.14. The fourth-order valence-electron chi connectivity index (χ4n) is 9.01. The van der Waals surface area contributed by atoms with Crippen LogP contribution in [0.25, 0.3) is 0 Å². The quantitative estimate of drug-likeness (QED) is 0.406. The van der Waals surface area contributed by atoms with Crippen molar-refractivity contribution in [3.63, 3.8) is 0 Å². The summed E-state index contributed by atoms with van der Waals surface area (Å²) in [4.78, 5) is 0. The molecule has 0 heterocycles. The third kappa shape index (κ3) is 4.42. The van der Waals surface area contributed by atoms with E-state index in [-0.39, 0.29) is 6.61 Å². The molecule has 4 rings (SSSR count). The van der Waals surface area contributed by atoms with Crippen LogP contribution in [0.5, 0.6) is 0 Å². The lowest BCUT2D eigenvalue weighted by molar-refractivity contribution is -0.0658. The summed E-state index contributed by atoms with van der Waals surface area (Å²) in [5, 5.41) is 9.14. The molecule has 0 radical (unpaired) electrons. The highest BCUT2D eigenvalue weighted by molar-refractivity contribution is 5.25. The number of ether oxygens (including phenoxy) is 1. The third-order valence-electron chi connectivity index (χ3n) is 10.7. The van der Waals surface area contributed by atoms with Crippen molar-refractivity contribution >= 4 is 0 Å². The first-order valence-electron chi connectivity index (χ1n) is 13.7. The van der Waals surface area contributed by atoms with Crippen molar-refractivity contribution in [3.05, 3.63) is 11.6 Å². The van der Waals surface area contributed by atoms with Crippen molar-refractivity contribution in [1.29, 1.82) is 0 Å². The Hall–Kier alpha value is -0.340. The van der Waals surface area contributed by atoms with Crippen LogP contribution in [0.3, 0.4) is 0 Å². The zero-order valence-corrected chi connectivity index (χ0v) is 21.2. The highest BCUT2D eigenvalue weighted by atomic mass is 16.5. The Balaban J connectivity index is 1.45. The van der Waals surface area contributed by atoms with Gasteiger partial charge in [-0.25, -0.2) is 0 Å². The Labute approximate surface area is 192 Å². The number of fused-ring (bicyclic) bond motifs is 5. The number of hydrogen-bond acceptors (Lipinski definition) is 2. The molecule has 0 aromatic carbocycles. The van der Waals surface area contributed by atoms with E-state index in [0.717, 1.165) is 41.9 Å². The molecule has 8 atom stereocenters. The van der Waals surface area contributed by atoms with Crippen LogP contribution < -0.4 is 0 Å². The Morgan fingerprint density at radius 1 is 1.03 bits per heavy atom. The highest BCUT2D eigenvalue weighted by Crippen LogP contribution is 2.67. The molecule has 0 aromatic heterocycles. The summed E-state index contributed by atoms with van der Waals surface area (Å²) in [6, 6.07) is 0. The molecule has 0 aromatic rings. The lowest BCUT2D eigenvalue weighted by Crippen LogP contribution is -2.51. The summed E-state index contributed by atoms with van der Waals surface area (Å²) in [7, 11) is 0. The minimum Gasteiger partial charge on any atom is -0.394 e. The standard InChI is InChI=1S/C29H50O2/c1-20(2)7-6-8-21(3)25-11-12-26-24-10-9-22-19-23(31-18-17-30)13-15-28(22,4)27(24)14-16-29(25,26)5/h9,20-21,23-27,30H,6-8,10-19H2,1-5H3/t21-,23?,24?,25-,26?,27?,28+,29-/m1/s1. The smallest absolute Gasteiger partial charge is 0.0701 e. The van der Waals surface area contributed by atoms with E-state index in [4.69, 9.17) is 9.84 Å². The zero-order chi connectivity index (χ0) is 22.2.